The Labute approximate surface area is 211 Å². The number of hydrogen-bond donors (Lipinski definition) is 2. The molecule has 0 spiro atoms. The summed E-state index contributed by atoms with van der Waals surface area (Å²) >= 11 is 0. The molecule has 3 aromatic rings. The number of benzene rings is 2. The summed E-state index contributed by atoms with van der Waals surface area (Å²) in [5, 5.41) is 26.0. The van der Waals surface area contributed by atoms with Crippen LogP contribution in [0.25, 0.3) is 16.6 Å². The summed E-state index contributed by atoms with van der Waals surface area (Å²) in [6, 6.07) is 13.9. The number of aromatic nitrogens is 2. The Hall–Kier alpha value is -3.22. The van der Waals surface area contributed by atoms with Crippen LogP contribution in [0.4, 0.5) is 0 Å². The van der Waals surface area contributed by atoms with E-state index >= 15 is 0 Å². The molecule has 1 aromatic heterocycles. The van der Waals surface area contributed by atoms with Gasteiger partial charge in [0.2, 0.25) is 0 Å². The summed E-state index contributed by atoms with van der Waals surface area (Å²) in [4.78, 5) is 16.9. The van der Waals surface area contributed by atoms with Crippen LogP contribution in [0.5, 0.6) is 0 Å². The molecule has 0 aliphatic carbocycles. The highest BCUT2D eigenvalue weighted by atomic mass is 16.5. The van der Waals surface area contributed by atoms with Gasteiger partial charge in [-0.3, -0.25) is 4.90 Å². The number of hydrogen-bond acceptors (Lipinski definition) is 7. The van der Waals surface area contributed by atoms with E-state index in [0.29, 0.717) is 37.5 Å². The monoisotopic (exact) mass is 488 g/mol. The highest BCUT2D eigenvalue weighted by molar-refractivity contribution is 6.02. The Morgan fingerprint density at radius 2 is 2.11 bits per heavy atom. The molecule has 8 nitrogen and oxygen atoms in total. The van der Waals surface area contributed by atoms with Crippen molar-refractivity contribution in [2.45, 2.75) is 44.1 Å². The quantitative estimate of drug-likeness (QED) is 0.430. The predicted octanol–water partition coefficient (Wildman–Crippen LogP) is 2.19. The fourth-order valence-electron chi connectivity index (χ4n) is 5.22. The zero-order valence-electron chi connectivity index (χ0n) is 20.9. The van der Waals surface area contributed by atoms with Gasteiger partial charge >= 0.3 is 5.97 Å². The van der Waals surface area contributed by atoms with Gasteiger partial charge in [0.1, 0.15) is 5.60 Å². The molecule has 5 rings (SSSR count). The number of aliphatic hydroxyl groups excluding tert-OH is 1. The lowest BCUT2D eigenvalue weighted by atomic mass is 10.0. The maximum Gasteiger partial charge on any atom is 0.359 e. The number of fused-ring (bicyclic) bond motifs is 1. The lowest BCUT2D eigenvalue weighted by Gasteiger charge is -2.20. The predicted molar refractivity (Wildman–Crippen MR) is 137 cm³/mol. The van der Waals surface area contributed by atoms with E-state index in [4.69, 9.17) is 4.74 Å². The number of carbonyl (C=O) groups is 1. The van der Waals surface area contributed by atoms with Gasteiger partial charge in [-0.2, -0.15) is 5.10 Å². The van der Waals surface area contributed by atoms with Crippen molar-refractivity contribution in [3.8, 4) is 17.5 Å². The summed E-state index contributed by atoms with van der Waals surface area (Å²) in [5.41, 5.74) is 2.61. The van der Waals surface area contributed by atoms with Crippen molar-refractivity contribution in [2.24, 2.45) is 0 Å². The van der Waals surface area contributed by atoms with Gasteiger partial charge in [0.15, 0.2) is 5.69 Å². The van der Waals surface area contributed by atoms with E-state index in [-0.39, 0.29) is 11.8 Å². The van der Waals surface area contributed by atoms with Crippen LogP contribution in [0.2, 0.25) is 0 Å². The van der Waals surface area contributed by atoms with E-state index in [1.165, 1.54) is 7.11 Å². The summed E-state index contributed by atoms with van der Waals surface area (Å²) in [7, 11) is 3.33. The maximum atomic E-state index is 12.6. The molecule has 0 amide bonds. The second-order valence-corrected chi connectivity index (χ2v) is 10.1. The topological polar surface area (TPSA) is 91.1 Å². The molecule has 0 radical (unpaired) electrons. The average molecular weight is 489 g/mol. The molecule has 2 aliphatic rings. The molecule has 0 saturated carbocycles. The van der Waals surface area contributed by atoms with Crippen molar-refractivity contribution < 1.29 is 19.7 Å². The van der Waals surface area contributed by atoms with Crippen molar-refractivity contribution in [3.63, 3.8) is 0 Å². The SMILES string of the molecule is COC(=O)c1nn(-c2cccc(C#CC3(O)CCN(C)C3)c2)c2ccc(CN3CC(O)CC3C)cc12. The third-order valence-electron chi connectivity index (χ3n) is 7.16. The smallest absolute Gasteiger partial charge is 0.359 e. The van der Waals surface area contributed by atoms with Crippen molar-refractivity contribution in [3.05, 3.63) is 59.3 Å². The fourth-order valence-corrected chi connectivity index (χ4v) is 5.22. The van der Waals surface area contributed by atoms with Gasteiger partial charge in [-0.05, 0) is 56.3 Å². The van der Waals surface area contributed by atoms with Crippen LogP contribution in [-0.4, -0.2) is 87.3 Å². The Morgan fingerprint density at radius 3 is 2.81 bits per heavy atom. The lowest BCUT2D eigenvalue weighted by Crippen LogP contribution is -2.29. The normalized spacial score (nSPS) is 24.7. The zero-order chi connectivity index (χ0) is 25.4. The van der Waals surface area contributed by atoms with Gasteiger partial charge in [-0.1, -0.05) is 24.0 Å². The minimum Gasteiger partial charge on any atom is -0.464 e. The molecule has 36 heavy (non-hydrogen) atoms. The van der Waals surface area contributed by atoms with Crippen molar-refractivity contribution >= 4 is 16.9 Å². The standard InChI is InChI=1S/C28H32N4O4/c1-19-13-23(33)17-31(19)16-21-7-8-25-24(15-21)26(27(34)36-3)29-32(25)22-6-4-5-20(14-22)9-10-28(35)11-12-30(2)18-28/h4-8,14-15,19,23,33,35H,11-13,16-18H2,1-3H3. The van der Waals surface area contributed by atoms with Crippen LogP contribution < -0.4 is 0 Å². The number of likely N-dealkylation sites (tertiary alicyclic amines) is 2. The van der Waals surface area contributed by atoms with Crippen LogP contribution in [-0.2, 0) is 11.3 Å². The molecule has 2 aliphatic heterocycles. The van der Waals surface area contributed by atoms with Gasteiger partial charge in [-0.25, -0.2) is 9.48 Å². The van der Waals surface area contributed by atoms with E-state index in [2.05, 4.69) is 33.7 Å². The molecule has 2 fully saturated rings. The second-order valence-electron chi connectivity index (χ2n) is 10.1. The first-order valence-electron chi connectivity index (χ1n) is 12.3. The van der Waals surface area contributed by atoms with Gasteiger partial charge in [0, 0.05) is 49.6 Å². The summed E-state index contributed by atoms with van der Waals surface area (Å²) in [5.74, 6) is 5.66. The van der Waals surface area contributed by atoms with Gasteiger partial charge in [0.05, 0.1) is 24.4 Å². The third-order valence-corrected chi connectivity index (χ3v) is 7.16. The number of nitrogens with zero attached hydrogens (tertiary/aromatic N) is 4. The number of likely N-dealkylation sites (N-methyl/N-ethyl adjacent to an activating group) is 1. The van der Waals surface area contributed by atoms with E-state index in [1.54, 1.807) is 4.68 Å². The number of aliphatic hydroxyl groups is 2. The van der Waals surface area contributed by atoms with E-state index in [0.717, 1.165) is 35.3 Å². The highest BCUT2D eigenvalue weighted by Crippen LogP contribution is 2.27. The average Bonchev–Trinajstić information content (AvgIpc) is 3.51. The summed E-state index contributed by atoms with van der Waals surface area (Å²) < 4.78 is 6.76. The van der Waals surface area contributed by atoms with Crippen LogP contribution in [0.15, 0.2) is 42.5 Å². The fraction of sp³-hybridized carbons (Fsp3) is 0.429. The van der Waals surface area contributed by atoms with Crippen LogP contribution in [0.1, 0.15) is 41.4 Å². The first-order chi connectivity index (χ1) is 17.2. The number of methoxy groups -OCH3 is 1. The number of rotatable bonds is 4. The zero-order valence-corrected chi connectivity index (χ0v) is 20.9. The molecule has 188 valence electrons. The molecular weight excluding hydrogens is 456 g/mol. The number of carbonyl (C=O) groups excluding carboxylic acids is 1. The Morgan fingerprint density at radius 1 is 1.28 bits per heavy atom. The van der Waals surface area contributed by atoms with Crippen LogP contribution >= 0.6 is 0 Å². The summed E-state index contributed by atoms with van der Waals surface area (Å²) in [6.45, 7) is 4.79. The van der Waals surface area contributed by atoms with Crippen molar-refractivity contribution in [2.75, 3.05) is 33.8 Å². The van der Waals surface area contributed by atoms with Crippen molar-refractivity contribution in [1.29, 1.82) is 0 Å². The van der Waals surface area contributed by atoms with Crippen LogP contribution in [0.3, 0.4) is 0 Å². The lowest BCUT2D eigenvalue weighted by molar-refractivity contribution is 0.0595. The minimum absolute atomic E-state index is 0.253. The van der Waals surface area contributed by atoms with Gasteiger partial charge in [0.25, 0.3) is 0 Å². The van der Waals surface area contributed by atoms with E-state index in [9.17, 15) is 15.0 Å². The maximum absolute atomic E-state index is 12.6. The highest BCUT2D eigenvalue weighted by Gasteiger charge is 2.32. The molecule has 2 aromatic carbocycles. The Kier molecular flexibility index (Phi) is 6.58. The van der Waals surface area contributed by atoms with E-state index < -0.39 is 11.6 Å². The van der Waals surface area contributed by atoms with Gasteiger partial charge in [-0.15, -0.1) is 0 Å². The summed E-state index contributed by atoms with van der Waals surface area (Å²) in [6.07, 6.45) is 1.09. The molecule has 0 bridgehead atoms. The Bertz CT molecular complexity index is 1360. The molecule has 3 unspecified atom stereocenters. The minimum atomic E-state index is -1.000. The second kappa shape index (κ2) is 9.68. The largest absolute Gasteiger partial charge is 0.464 e. The van der Waals surface area contributed by atoms with Crippen LogP contribution in [0, 0.1) is 11.8 Å². The number of esters is 1. The number of ether oxygens (including phenoxy) is 1. The first kappa shape index (κ1) is 24.5. The van der Waals surface area contributed by atoms with Crippen molar-refractivity contribution in [1.82, 2.24) is 19.6 Å². The van der Waals surface area contributed by atoms with E-state index in [1.807, 2.05) is 49.5 Å². The third kappa shape index (κ3) is 4.88. The molecule has 3 atom stereocenters. The molecule has 2 saturated heterocycles. The number of β-amino-alcohol motifs (C(OH)–C–C–N with tert-alkyl or cyclic N) is 2. The first-order valence-corrected chi connectivity index (χ1v) is 12.3. The molecule has 3 heterocycles. The van der Waals surface area contributed by atoms with Gasteiger partial charge < -0.3 is 19.8 Å². The Balaban J connectivity index is 1.50. The molecule has 8 heteroatoms. The molecule has 2 N–H and O–H groups in total. The molecular formula is C28H32N4O4.